The molecule has 0 bridgehead atoms. The van der Waals surface area contributed by atoms with E-state index in [-0.39, 0.29) is 18.2 Å². The first-order chi connectivity index (χ1) is 5.66. The largest absolute Gasteiger partial charge is 0.453 e. The molecular weight excluding hydrogens is 158 g/mol. The van der Waals surface area contributed by atoms with E-state index in [1.54, 1.807) is 4.90 Å². The summed E-state index contributed by atoms with van der Waals surface area (Å²) in [5.41, 5.74) is 0. The number of amides is 1. The van der Waals surface area contributed by atoms with Crippen molar-refractivity contribution in [3.63, 3.8) is 0 Å². The average molecular weight is 173 g/mol. The molecule has 0 unspecified atom stereocenters. The smallest absolute Gasteiger partial charge is 0.410 e. The van der Waals surface area contributed by atoms with E-state index in [0.717, 1.165) is 0 Å². The van der Waals surface area contributed by atoms with Gasteiger partial charge in [0, 0.05) is 0 Å². The molecule has 70 valence electrons. The highest BCUT2D eigenvalue weighted by atomic mass is 16.5. The first-order valence-electron chi connectivity index (χ1n) is 4.11. The van der Waals surface area contributed by atoms with Crippen LogP contribution in [0.2, 0.25) is 0 Å². The van der Waals surface area contributed by atoms with Gasteiger partial charge in [0.15, 0.2) is 0 Å². The Bertz CT molecular complexity index is 162. The van der Waals surface area contributed by atoms with Gasteiger partial charge in [0.1, 0.15) is 0 Å². The Kier molecular flexibility index (Phi) is 2.92. The lowest BCUT2D eigenvalue weighted by Crippen LogP contribution is -2.52. The molecule has 12 heavy (non-hydrogen) atoms. The monoisotopic (exact) mass is 173 g/mol. The quantitative estimate of drug-likeness (QED) is 0.545. The van der Waals surface area contributed by atoms with E-state index in [0.29, 0.717) is 13.2 Å². The van der Waals surface area contributed by atoms with E-state index in [2.05, 4.69) is 4.74 Å². The summed E-state index contributed by atoms with van der Waals surface area (Å²) in [6.45, 7) is 5.10. The number of carbonyl (C=O) groups is 1. The molecule has 4 heteroatoms. The minimum absolute atomic E-state index is 0.112. The van der Waals surface area contributed by atoms with Gasteiger partial charge in [0.2, 0.25) is 0 Å². The maximum atomic E-state index is 11.2. The lowest BCUT2D eigenvalue weighted by molar-refractivity contribution is -0.0295. The van der Waals surface area contributed by atoms with Gasteiger partial charge in [-0.1, -0.05) is 0 Å². The van der Waals surface area contributed by atoms with E-state index in [4.69, 9.17) is 4.74 Å². The molecule has 4 nitrogen and oxygen atoms in total. The zero-order valence-corrected chi connectivity index (χ0v) is 7.74. The lowest BCUT2D eigenvalue weighted by Gasteiger charge is -2.37. The van der Waals surface area contributed by atoms with Gasteiger partial charge in [-0.15, -0.1) is 0 Å². The van der Waals surface area contributed by atoms with Crippen molar-refractivity contribution in [2.24, 2.45) is 0 Å². The molecule has 0 N–H and O–H groups in total. The van der Waals surface area contributed by atoms with E-state index in [1.807, 2.05) is 13.8 Å². The Morgan fingerprint density at radius 3 is 2.33 bits per heavy atom. The van der Waals surface area contributed by atoms with Gasteiger partial charge in [0.05, 0.1) is 32.4 Å². The topological polar surface area (TPSA) is 38.8 Å². The Morgan fingerprint density at radius 1 is 1.42 bits per heavy atom. The lowest BCUT2D eigenvalue weighted by atomic mass is 10.2. The molecule has 0 saturated carbocycles. The fourth-order valence-corrected chi connectivity index (χ4v) is 1.47. The zero-order valence-electron chi connectivity index (χ0n) is 7.74. The van der Waals surface area contributed by atoms with Crippen LogP contribution in [0.4, 0.5) is 4.79 Å². The zero-order chi connectivity index (χ0) is 9.14. The van der Waals surface area contributed by atoms with E-state index in [1.165, 1.54) is 7.11 Å². The van der Waals surface area contributed by atoms with Crippen molar-refractivity contribution in [1.82, 2.24) is 4.90 Å². The second-order valence-electron chi connectivity index (χ2n) is 3.11. The Hall–Kier alpha value is -0.770. The number of hydrogen-bond donors (Lipinski definition) is 0. The van der Waals surface area contributed by atoms with Crippen LogP contribution < -0.4 is 0 Å². The van der Waals surface area contributed by atoms with Crippen molar-refractivity contribution < 1.29 is 14.3 Å². The molecule has 0 aromatic rings. The second-order valence-corrected chi connectivity index (χ2v) is 3.11. The summed E-state index contributed by atoms with van der Waals surface area (Å²) >= 11 is 0. The third-order valence-electron chi connectivity index (χ3n) is 2.05. The highest BCUT2D eigenvalue weighted by Crippen LogP contribution is 2.13. The number of nitrogens with zero attached hydrogens (tertiary/aromatic N) is 1. The SMILES string of the molecule is COC(=O)N1[C@@H](C)COC[C@@H]1C. The molecular formula is C8H15NO3. The van der Waals surface area contributed by atoms with Gasteiger partial charge in [-0.2, -0.15) is 0 Å². The van der Waals surface area contributed by atoms with Crippen LogP contribution >= 0.6 is 0 Å². The van der Waals surface area contributed by atoms with Gasteiger partial charge < -0.3 is 9.47 Å². The average Bonchev–Trinajstić information content (AvgIpc) is 2.03. The predicted octanol–water partition coefficient (Wildman–Crippen LogP) is 0.862. The molecule has 0 radical (unpaired) electrons. The molecule has 2 atom stereocenters. The summed E-state index contributed by atoms with van der Waals surface area (Å²) in [7, 11) is 1.40. The highest BCUT2D eigenvalue weighted by Gasteiger charge is 2.29. The summed E-state index contributed by atoms with van der Waals surface area (Å²) in [5, 5.41) is 0. The number of hydrogen-bond acceptors (Lipinski definition) is 3. The van der Waals surface area contributed by atoms with Gasteiger partial charge in [0.25, 0.3) is 0 Å². The maximum absolute atomic E-state index is 11.2. The van der Waals surface area contributed by atoms with Crippen LogP contribution in [-0.2, 0) is 9.47 Å². The molecule has 1 amide bonds. The third kappa shape index (κ3) is 1.69. The third-order valence-corrected chi connectivity index (χ3v) is 2.05. The van der Waals surface area contributed by atoms with Crippen molar-refractivity contribution in [2.45, 2.75) is 25.9 Å². The fourth-order valence-electron chi connectivity index (χ4n) is 1.47. The van der Waals surface area contributed by atoms with E-state index in [9.17, 15) is 4.79 Å². The van der Waals surface area contributed by atoms with Crippen molar-refractivity contribution in [3.8, 4) is 0 Å². The van der Waals surface area contributed by atoms with Crippen molar-refractivity contribution in [2.75, 3.05) is 20.3 Å². The molecule has 1 saturated heterocycles. The van der Waals surface area contributed by atoms with E-state index >= 15 is 0 Å². The molecule has 1 aliphatic heterocycles. The summed E-state index contributed by atoms with van der Waals surface area (Å²) in [4.78, 5) is 12.9. The molecule has 1 aliphatic rings. The number of methoxy groups -OCH3 is 1. The molecule has 1 rings (SSSR count). The minimum atomic E-state index is -0.265. The second kappa shape index (κ2) is 3.76. The molecule has 0 aromatic heterocycles. The minimum Gasteiger partial charge on any atom is -0.453 e. The Labute approximate surface area is 72.4 Å². The van der Waals surface area contributed by atoms with Crippen LogP contribution in [-0.4, -0.2) is 43.4 Å². The van der Waals surface area contributed by atoms with Crippen LogP contribution in [0.1, 0.15) is 13.8 Å². The van der Waals surface area contributed by atoms with Crippen LogP contribution in [0, 0.1) is 0 Å². The van der Waals surface area contributed by atoms with Crippen molar-refractivity contribution in [1.29, 1.82) is 0 Å². The van der Waals surface area contributed by atoms with Gasteiger partial charge >= 0.3 is 6.09 Å². The summed E-state index contributed by atoms with van der Waals surface area (Å²) in [5.74, 6) is 0. The van der Waals surface area contributed by atoms with Crippen LogP contribution in [0.5, 0.6) is 0 Å². The highest BCUT2D eigenvalue weighted by molar-refractivity contribution is 5.68. The summed E-state index contributed by atoms with van der Waals surface area (Å²) in [6, 6.07) is 0.224. The van der Waals surface area contributed by atoms with Crippen LogP contribution in [0.25, 0.3) is 0 Å². The summed E-state index contributed by atoms with van der Waals surface area (Å²) < 4.78 is 9.93. The van der Waals surface area contributed by atoms with Crippen molar-refractivity contribution in [3.05, 3.63) is 0 Å². The summed E-state index contributed by atoms with van der Waals surface area (Å²) in [6.07, 6.45) is -0.265. The van der Waals surface area contributed by atoms with Crippen LogP contribution in [0.15, 0.2) is 0 Å². The van der Waals surface area contributed by atoms with Gasteiger partial charge in [-0.3, -0.25) is 4.90 Å². The predicted molar refractivity (Wildman–Crippen MR) is 44.0 cm³/mol. The fraction of sp³-hybridized carbons (Fsp3) is 0.875. The Balaban J connectivity index is 2.62. The van der Waals surface area contributed by atoms with E-state index < -0.39 is 0 Å². The standard InChI is InChI=1S/C8H15NO3/c1-6-4-12-5-7(2)9(6)8(10)11-3/h6-7H,4-5H2,1-3H3/t6-,7-/m0/s1. The number of morpholine rings is 1. The van der Waals surface area contributed by atoms with Crippen molar-refractivity contribution >= 4 is 6.09 Å². The first-order valence-corrected chi connectivity index (χ1v) is 4.11. The molecule has 0 spiro atoms. The Morgan fingerprint density at radius 2 is 1.92 bits per heavy atom. The molecule has 0 aliphatic carbocycles. The van der Waals surface area contributed by atoms with Crippen LogP contribution in [0.3, 0.4) is 0 Å². The van der Waals surface area contributed by atoms with Gasteiger partial charge in [-0.05, 0) is 13.8 Å². The van der Waals surface area contributed by atoms with Gasteiger partial charge in [-0.25, -0.2) is 4.79 Å². The molecule has 0 aromatic carbocycles. The number of ether oxygens (including phenoxy) is 2. The molecule has 1 heterocycles. The number of rotatable bonds is 0. The first kappa shape index (κ1) is 9.32. The molecule has 1 fully saturated rings. The number of carbonyl (C=O) groups excluding carboxylic acids is 1. The maximum Gasteiger partial charge on any atom is 0.410 e. The normalized spacial score (nSPS) is 30.1.